The smallest absolute Gasteiger partial charge is 0.259 e. The molecule has 0 unspecified atom stereocenters. The number of carbonyl (C=O) groups is 2. The molecule has 2 aliphatic heterocycles. The second-order valence-corrected chi connectivity index (χ2v) is 9.79. The number of fused-ring (bicyclic) bond motifs is 2. The Hall–Kier alpha value is -3.69. The average Bonchev–Trinajstić information content (AvgIpc) is 3.33. The molecule has 2 amide bonds. The van der Waals surface area contributed by atoms with E-state index in [0.29, 0.717) is 41.5 Å². The van der Waals surface area contributed by atoms with Crippen LogP contribution in [0.4, 0.5) is 11.4 Å². The molecule has 2 aliphatic rings. The second kappa shape index (κ2) is 8.34. The number of sulfonamides is 1. The van der Waals surface area contributed by atoms with Crippen molar-refractivity contribution in [2.45, 2.75) is 17.7 Å². The third-order valence-electron chi connectivity index (χ3n) is 5.66. The Balaban J connectivity index is 1.33. The van der Waals surface area contributed by atoms with Gasteiger partial charge < -0.3 is 15.4 Å². The van der Waals surface area contributed by atoms with Crippen molar-refractivity contribution < 1.29 is 22.7 Å². The van der Waals surface area contributed by atoms with Crippen LogP contribution in [0.1, 0.15) is 33.6 Å². The number of carbonyl (C=O) groups excluding carboxylic acids is 2. The molecule has 5 rings (SSSR count). The monoisotopic (exact) mass is 463 g/mol. The maximum atomic E-state index is 12.7. The molecule has 0 bridgehead atoms. The third-order valence-corrected chi connectivity index (χ3v) is 7.57. The molecule has 2 N–H and O–H groups in total. The van der Waals surface area contributed by atoms with Crippen molar-refractivity contribution in [3.8, 4) is 11.5 Å². The summed E-state index contributed by atoms with van der Waals surface area (Å²) in [5.74, 6) is 0.151. The van der Waals surface area contributed by atoms with Gasteiger partial charge in [-0.15, -0.1) is 0 Å². The van der Waals surface area contributed by atoms with Crippen LogP contribution in [0, 0.1) is 0 Å². The number of rotatable bonds is 4. The van der Waals surface area contributed by atoms with Crippen LogP contribution in [-0.4, -0.2) is 37.6 Å². The molecule has 0 aromatic heterocycles. The molecule has 1 fully saturated rings. The van der Waals surface area contributed by atoms with Gasteiger partial charge in [-0.1, -0.05) is 12.1 Å². The van der Waals surface area contributed by atoms with E-state index in [9.17, 15) is 18.0 Å². The van der Waals surface area contributed by atoms with Crippen LogP contribution in [0.2, 0.25) is 0 Å². The fourth-order valence-corrected chi connectivity index (χ4v) is 5.42. The highest BCUT2D eigenvalue weighted by Gasteiger charge is 2.27. The maximum Gasteiger partial charge on any atom is 0.259 e. The lowest BCUT2D eigenvalue weighted by molar-refractivity contribution is 0.101. The molecule has 0 atom stereocenters. The SMILES string of the molecule is O=C(Nc1ccc2c(c1)C(=O)Nc1ccccc1O2)c1ccc(S(=O)(=O)N2CCCC2)cc1. The summed E-state index contributed by atoms with van der Waals surface area (Å²) in [6.07, 6.45) is 1.71. The Morgan fingerprint density at radius 2 is 1.67 bits per heavy atom. The summed E-state index contributed by atoms with van der Waals surface area (Å²) < 4.78 is 32.6. The van der Waals surface area contributed by atoms with Crippen LogP contribution in [0.25, 0.3) is 0 Å². The van der Waals surface area contributed by atoms with Crippen LogP contribution in [0.5, 0.6) is 11.5 Å². The fraction of sp³-hybridized carbons (Fsp3) is 0.167. The Labute approximate surface area is 191 Å². The number of benzene rings is 3. The van der Waals surface area contributed by atoms with Gasteiger partial charge in [0.2, 0.25) is 10.0 Å². The van der Waals surface area contributed by atoms with Crippen molar-refractivity contribution in [2.75, 3.05) is 23.7 Å². The van der Waals surface area contributed by atoms with Crippen LogP contribution >= 0.6 is 0 Å². The minimum Gasteiger partial charge on any atom is -0.454 e. The quantitative estimate of drug-likeness (QED) is 0.607. The van der Waals surface area contributed by atoms with Gasteiger partial charge >= 0.3 is 0 Å². The first-order valence-corrected chi connectivity index (χ1v) is 12.0. The van der Waals surface area contributed by atoms with Gasteiger partial charge in [0.1, 0.15) is 5.75 Å². The van der Waals surface area contributed by atoms with E-state index in [1.54, 1.807) is 36.4 Å². The molecule has 33 heavy (non-hydrogen) atoms. The number of anilines is 2. The lowest BCUT2D eigenvalue weighted by atomic mass is 10.1. The maximum absolute atomic E-state index is 12.7. The van der Waals surface area contributed by atoms with E-state index in [4.69, 9.17) is 4.74 Å². The second-order valence-electron chi connectivity index (χ2n) is 7.85. The summed E-state index contributed by atoms with van der Waals surface area (Å²) in [6, 6.07) is 17.8. The minimum absolute atomic E-state index is 0.166. The Morgan fingerprint density at radius 1 is 0.939 bits per heavy atom. The number of nitrogens with one attached hydrogen (secondary N) is 2. The molecule has 3 aromatic rings. The summed E-state index contributed by atoms with van der Waals surface area (Å²) >= 11 is 0. The summed E-state index contributed by atoms with van der Waals surface area (Å²) in [6.45, 7) is 1.04. The number of hydrogen-bond acceptors (Lipinski definition) is 5. The normalized spacial score (nSPS) is 15.6. The number of para-hydroxylation sites is 2. The highest BCUT2D eigenvalue weighted by Crippen LogP contribution is 2.36. The molecule has 0 aliphatic carbocycles. The zero-order valence-electron chi connectivity index (χ0n) is 17.6. The van der Waals surface area contributed by atoms with E-state index in [1.165, 1.54) is 28.6 Å². The van der Waals surface area contributed by atoms with E-state index in [-0.39, 0.29) is 16.4 Å². The number of nitrogens with zero attached hydrogens (tertiary/aromatic N) is 1. The Bertz CT molecular complexity index is 1350. The minimum atomic E-state index is -3.54. The molecule has 2 heterocycles. The number of amides is 2. The average molecular weight is 464 g/mol. The molecule has 0 spiro atoms. The molecule has 9 heteroatoms. The van der Waals surface area contributed by atoms with E-state index >= 15 is 0 Å². The highest BCUT2D eigenvalue weighted by atomic mass is 32.2. The van der Waals surface area contributed by atoms with Gasteiger partial charge in [-0.3, -0.25) is 9.59 Å². The summed E-state index contributed by atoms with van der Waals surface area (Å²) in [7, 11) is -3.54. The van der Waals surface area contributed by atoms with Crippen LogP contribution < -0.4 is 15.4 Å². The van der Waals surface area contributed by atoms with E-state index in [2.05, 4.69) is 10.6 Å². The predicted octanol–water partition coefficient (Wildman–Crippen LogP) is 4.08. The van der Waals surface area contributed by atoms with Crippen molar-refractivity contribution in [3.05, 3.63) is 77.9 Å². The predicted molar refractivity (Wildman–Crippen MR) is 123 cm³/mol. The van der Waals surface area contributed by atoms with Crippen LogP contribution in [0.15, 0.2) is 71.6 Å². The first kappa shape index (κ1) is 21.2. The lowest BCUT2D eigenvalue weighted by Gasteiger charge is -2.15. The van der Waals surface area contributed by atoms with E-state index in [0.717, 1.165) is 12.8 Å². The molecule has 1 saturated heterocycles. The molecule has 0 saturated carbocycles. The van der Waals surface area contributed by atoms with Gasteiger partial charge in [0.05, 0.1) is 16.1 Å². The molecular weight excluding hydrogens is 442 g/mol. The van der Waals surface area contributed by atoms with Crippen LogP contribution in [-0.2, 0) is 10.0 Å². The van der Waals surface area contributed by atoms with Gasteiger partial charge in [0, 0.05) is 24.3 Å². The summed E-state index contributed by atoms with van der Waals surface area (Å²) in [5, 5.41) is 5.55. The largest absolute Gasteiger partial charge is 0.454 e. The molecule has 0 radical (unpaired) electrons. The van der Waals surface area contributed by atoms with Crippen molar-refractivity contribution in [3.63, 3.8) is 0 Å². The first-order valence-electron chi connectivity index (χ1n) is 10.6. The zero-order valence-corrected chi connectivity index (χ0v) is 18.4. The van der Waals surface area contributed by atoms with Crippen LogP contribution in [0.3, 0.4) is 0 Å². The Morgan fingerprint density at radius 3 is 2.42 bits per heavy atom. The molecule has 168 valence electrons. The van der Waals surface area contributed by atoms with Crippen molar-refractivity contribution in [2.24, 2.45) is 0 Å². The molecular formula is C24H21N3O5S. The zero-order chi connectivity index (χ0) is 23.0. The third kappa shape index (κ3) is 4.08. The molecule has 8 nitrogen and oxygen atoms in total. The first-order chi connectivity index (χ1) is 15.9. The van der Waals surface area contributed by atoms with Gasteiger partial charge in [0.15, 0.2) is 5.75 Å². The van der Waals surface area contributed by atoms with Crippen molar-refractivity contribution in [1.82, 2.24) is 4.31 Å². The topological polar surface area (TPSA) is 105 Å². The van der Waals surface area contributed by atoms with Crippen molar-refractivity contribution >= 4 is 33.2 Å². The van der Waals surface area contributed by atoms with E-state index in [1.807, 2.05) is 6.07 Å². The highest BCUT2D eigenvalue weighted by molar-refractivity contribution is 7.89. The standard InChI is InChI=1S/C24H21N3O5S/c28-23(16-7-10-18(11-8-16)33(30,31)27-13-3-4-14-27)25-17-9-12-21-19(15-17)24(29)26-20-5-1-2-6-22(20)32-21/h1-2,5-12,15H,3-4,13-14H2,(H,25,28)(H,26,29). The van der Waals surface area contributed by atoms with E-state index < -0.39 is 15.9 Å². The van der Waals surface area contributed by atoms with Gasteiger partial charge in [-0.05, 0) is 67.4 Å². The van der Waals surface area contributed by atoms with Gasteiger partial charge in [-0.2, -0.15) is 4.31 Å². The molecule has 3 aromatic carbocycles. The number of ether oxygens (including phenoxy) is 1. The number of hydrogen-bond donors (Lipinski definition) is 2. The Kier molecular flexibility index (Phi) is 5.35. The van der Waals surface area contributed by atoms with Gasteiger partial charge in [0.25, 0.3) is 11.8 Å². The van der Waals surface area contributed by atoms with Gasteiger partial charge in [-0.25, -0.2) is 8.42 Å². The summed E-state index contributed by atoms with van der Waals surface area (Å²) in [4.78, 5) is 25.5. The lowest BCUT2D eigenvalue weighted by Crippen LogP contribution is -2.27. The summed E-state index contributed by atoms with van der Waals surface area (Å²) in [5.41, 5.74) is 1.57. The fourth-order valence-electron chi connectivity index (χ4n) is 3.90. The van der Waals surface area contributed by atoms with Crippen molar-refractivity contribution in [1.29, 1.82) is 0 Å².